The lowest BCUT2D eigenvalue weighted by atomic mass is 9.33. The van der Waals surface area contributed by atoms with Gasteiger partial charge < -0.3 is 9.80 Å². The van der Waals surface area contributed by atoms with Crippen LogP contribution in [0.25, 0.3) is 44.5 Å². The number of nitrogens with zero attached hydrogens (tertiary/aromatic N) is 9. The van der Waals surface area contributed by atoms with Crippen LogP contribution in [-0.2, 0) is 0 Å². The van der Waals surface area contributed by atoms with Crippen molar-refractivity contribution in [1.82, 2.24) is 4.90 Å². The van der Waals surface area contributed by atoms with Crippen molar-refractivity contribution in [1.29, 1.82) is 0 Å². The van der Waals surface area contributed by atoms with Gasteiger partial charge >= 0.3 is 0 Å². The molecule has 16 rings (SSSR count). The molecule has 0 aliphatic carbocycles. The lowest BCUT2D eigenvalue weighted by molar-refractivity contribution is 0.828. The van der Waals surface area contributed by atoms with Gasteiger partial charge in [0.25, 0.3) is 6.71 Å². The lowest BCUT2D eigenvalue weighted by Gasteiger charge is -2.44. The molecule has 82 heavy (non-hydrogen) atoms. The van der Waals surface area contributed by atoms with E-state index in [-0.39, 0.29) is 6.71 Å². The Morgan fingerprint density at radius 2 is 0.512 bits per heavy atom. The van der Waals surface area contributed by atoms with Crippen LogP contribution in [0.15, 0.2) is 309 Å². The number of hydrogen-bond acceptors (Lipinski definition) is 9. The molecule has 0 bridgehead atoms. The van der Waals surface area contributed by atoms with Crippen molar-refractivity contribution in [2.75, 3.05) is 9.80 Å². The number of aliphatic imine (C=N–C) groups is 6. The van der Waals surface area contributed by atoms with E-state index < -0.39 is 0 Å². The molecule has 0 N–H and O–H groups in total. The molecule has 0 amide bonds. The number of rotatable bonds is 9. The second-order valence-electron chi connectivity index (χ2n) is 20.7. The number of hydrogen-bond donors (Lipinski definition) is 0. The maximum Gasteiger partial charge on any atom is 0.252 e. The first-order valence-corrected chi connectivity index (χ1v) is 27.5. The third-order valence-electron chi connectivity index (χ3n) is 15.9. The fourth-order valence-electron chi connectivity index (χ4n) is 12.0. The Labute approximate surface area is 475 Å². The summed E-state index contributed by atoms with van der Waals surface area (Å²) in [6, 6.07) is 99.0. The van der Waals surface area contributed by atoms with Gasteiger partial charge in [0.05, 0.1) is 0 Å². The second-order valence-corrected chi connectivity index (χ2v) is 20.7. The Morgan fingerprint density at radius 3 is 0.866 bits per heavy atom. The quantitative estimate of drug-likeness (QED) is 0.135. The highest BCUT2D eigenvalue weighted by Gasteiger charge is 2.45. The van der Waals surface area contributed by atoms with Crippen molar-refractivity contribution in [3.63, 3.8) is 0 Å². The van der Waals surface area contributed by atoms with Crippen LogP contribution in [-0.4, -0.2) is 47.0 Å². The van der Waals surface area contributed by atoms with E-state index in [0.29, 0.717) is 35.4 Å². The predicted octanol–water partition coefficient (Wildman–Crippen LogP) is 14.5. The normalized spacial score (nSPS) is 14.4. The predicted molar refractivity (Wildman–Crippen MR) is 339 cm³/mol. The molecule has 0 spiro atoms. The first kappa shape index (κ1) is 47.0. The molecule has 0 saturated heterocycles. The Morgan fingerprint density at radius 1 is 0.220 bits per heavy atom. The maximum atomic E-state index is 5.39. The van der Waals surface area contributed by atoms with Crippen LogP contribution in [0.4, 0.5) is 34.1 Å². The van der Waals surface area contributed by atoms with E-state index >= 15 is 0 Å². The van der Waals surface area contributed by atoms with Crippen LogP contribution in [0, 0.1) is 0 Å². The van der Waals surface area contributed by atoms with Crippen molar-refractivity contribution in [3.8, 4) is 44.5 Å². The van der Waals surface area contributed by atoms with Gasteiger partial charge in [-0.15, -0.1) is 0 Å². The van der Waals surface area contributed by atoms with E-state index in [4.69, 9.17) is 30.0 Å². The topological polar surface area (TPSA) is 83.9 Å². The molecule has 5 aliphatic rings. The van der Waals surface area contributed by atoms with E-state index in [2.05, 4.69) is 228 Å². The van der Waals surface area contributed by atoms with E-state index in [0.717, 1.165) is 101 Å². The Bertz CT molecular complexity index is 4290. The van der Waals surface area contributed by atoms with Gasteiger partial charge in [-0.2, -0.15) is 30.0 Å². The SMILES string of the molecule is c1ccc(C2=NC3=NC(c4ccccc4)=NC4=NC(c5cc6c7c(c5)N(c5ccc(-c8ccccc8)cc5)c5ccc(-c8ccccc8)cc5B7c5cc(-c7ccccc7)ccc5N6c5ccc(-c6ccccc6)cc5)=NC(=N2)N34)cc1. The zero-order valence-corrected chi connectivity index (χ0v) is 44.2. The maximum absolute atomic E-state index is 5.39. The molecule has 11 aromatic carbocycles. The monoisotopic (exact) mass is 1050 g/mol. The average molecular weight is 1050 g/mol. The number of fused-ring (bicyclic) bond motifs is 4. The van der Waals surface area contributed by atoms with Gasteiger partial charge in [0.1, 0.15) is 0 Å². The molecule has 0 radical (unpaired) electrons. The summed E-state index contributed by atoms with van der Waals surface area (Å²) >= 11 is 0. The van der Waals surface area contributed by atoms with E-state index in [9.17, 15) is 0 Å². The highest BCUT2D eigenvalue weighted by atomic mass is 15.5. The first-order valence-electron chi connectivity index (χ1n) is 27.5. The molecule has 0 aromatic heterocycles. The third kappa shape index (κ3) is 8.03. The summed E-state index contributed by atoms with van der Waals surface area (Å²) in [6.45, 7) is -0.200. The van der Waals surface area contributed by atoms with Crippen molar-refractivity contribution < 1.29 is 0 Å². The molecule has 0 fully saturated rings. The Hall–Kier alpha value is -11.1. The van der Waals surface area contributed by atoms with Gasteiger partial charge in [-0.05, 0) is 109 Å². The molecule has 11 aromatic rings. The van der Waals surface area contributed by atoms with Crippen LogP contribution in [0.5, 0.6) is 0 Å². The van der Waals surface area contributed by atoms with Crippen LogP contribution in [0.3, 0.4) is 0 Å². The number of anilines is 6. The number of benzene rings is 11. The molecule has 10 heteroatoms. The minimum Gasteiger partial charge on any atom is -0.311 e. The van der Waals surface area contributed by atoms with Crippen LogP contribution >= 0.6 is 0 Å². The standard InChI is InChI=1S/C72H46BN9/c1-7-19-47(20-8-1)51-31-37-58(38-32-51)80-62-41-35-55(49-23-11-3-12-24-49)43-60(62)73-61-44-56(50-25-13-4-14-26-50)36-42-63(61)81(59-39-33-52(34-40-59)48-21-9-2-10-22-48)65-46-57(45-64(80)66(65)73)69-78-71-76-67(53-27-15-5-16-28-53)74-70-75-68(54-29-17-6-18-30-54)77-72(79-69)82(70)71/h1-46H. The van der Waals surface area contributed by atoms with Gasteiger partial charge in [0.15, 0.2) is 17.5 Å². The smallest absolute Gasteiger partial charge is 0.252 e. The molecular weight excluding hydrogens is 1000 g/mol. The Kier molecular flexibility index (Phi) is 11.1. The van der Waals surface area contributed by atoms with Crippen molar-refractivity contribution in [2.45, 2.75) is 0 Å². The average Bonchev–Trinajstić information content (AvgIpc) is 1.41. The van der Waals surface area contributed by atoms with Crippen molar-refractivity contribution in [3.05, 3.63) is 296 Å². The van der Waals surface area contributed by atoms with Gasteiger partial charge in [-0.3, -0.25) is 0 Å². The van der Waals surface area contributed by atoms with Crippen LogP contribution < -0.4 is 26.2 Å². The van der Waals surface area contributed by atoms with E-state index in [1.807, 2.05) is 60.7 Å². The summed E-state index contributed by atoms with van der Waals surface area (Å²) in [6.07, 6.45) is 0. The summed E-state index contributed by atoms with van der Waals surface area (Å²) in [5, 5.41) is 0. The number of amidine groups is 3. The van der Waals surface area contributed by atoms with Crippen molar-refractivity contribution in [2.24, 2.45) is 30.0 Å². The molecule has 0 atom stereocenters. The lowest BCUT2D eigenvalue weighted by Crippen LogP contribution is -2.61. The molecular formula is C72H46BN9. The molecule has 9 nitrogen and oxygen atoms in total. The van der Waals surface area contributed by atoms with Gasteiger partial charge in [-0.1, -0.05) is 231 Å². The fraction of sp³-hybridized carbons (Fsp3) is 0. The summed E-state index contributed by atoms with van der Waals surface area (Å²) < 4.78 is 0. The van der Waals surface area contributed by atoms with E-state index in [1.54, 1.807) is 4.90 Å². The molecule has 0 unspecified atom stereocenters. The van der Waals surface area contributed by atoms with Gasteiger partial charge in [0, 0.05) is 50.8 Å². The zero-order chi connectivity index (χ0) is 54.1. The van der Waals surface area contributed by atoms with Crippen LogP contribution in [0.1, 0.15) is 16.7 Å². The van der Waals surface area contributed by atoms with Crippen LogP contribution in [0.2, 0.25) is 0 Å². The van der Waals surface area contributed by atoms with Crippen molar-refractivity contribution >= 4 is 92.6 Å². The zero-order valence-electron chi connectivity index (χ0n) is 44.2. The molecule has 5 heterocycles. The first-order chi connectivity index (χ1) is 40.6. The molecule has 382 valence electrons. The summed E-state index contributed by atoms with van der Waals surface area (Å²) in [7, 11) is 0. The van der Waals surface area contributed by atoms with Gasteiger partial charge in [-0.25, -0.2) is 4.90 Å². The summed E-state index contributed by atoms with van der Waals surface area (Å²) in [4.78, 5) is 37.8. The Balaban J connectivity index is 0.975. The largest absolute Gasteiger partial charge is 0.311 e. The number of guanidine groups is 3. The second kappa shape index (κ2) is 19.4. The summed E-state index contributed by atoms with van der Waals surface area (Å²) in [5.41, 5.74) is 21.4. The van der Waals surface area contributed by atoms with Gasteiger partial charge in [0.2, 0.25) is 17.9 Å². The minimum absolute atomic E-state index is 0.200. The fourth-order valence-corrected chi connectivity index (χ4v) is 12.0. The third-order valence-corrected chi connectivity index (χ3v) is 15.9. The molecule has 5 aliphatic heterocycles. The minimum atomic E-state index is -0.200. The molecule has 0 saturated carbocycles. The highest BCUT2D eigenvalue weighted by Crippen LogP contribution is 2.46. The van der Waals surface area contributed by atoms with E-state index in [1.165, 1.54) is 10.9 Å². The summed E-state index contributed by atoms with van der Waals surface area (Å²) in [5.74, 6) is 2.62. The highest BCUT2D eigenvalue weighted by molar-refractivity contribution is 7.00.